The van der Waals surface area contributed by atoms with Crippen LogP contribution in [-0.2, 0) is 6.18 Å². The van der Waals surface area contributed by atoms with Gasteiger partial charge in [0.05, 0.1) is 5.56 Å². The molecule has 5 nitrogen and oxygen atoms in total. The zero-order valence-electron chi connectivity index (χ0n) is 15.9. The van der Waals surface area contributed by atoms with Gasteiger partial charge in [0.2, 0.25) is 0 Å². The molecular weight excluding hydrogens is 378 g/mol. The van der Waals surface area contributed by atoms with Crippen LogP contribution in [0, 0.1) is 12.7 Å². The van der Waals surface area contributed by atoms with Crippen molar-refractivity contribution in [2.24, 2.45) is 0 Å². The summed E-state index contributed by atoms with van der Waals surface area (Å²) in [4.78, 5) is 27.2. The highest BCUT2D eigenvalue weighted by Gasteiger charge is 2.34. The quantitative estimate of drug-likeness (QED) is 0.781. The Morgan fingerprint density at radius 3 is 2.46 bits per heavy atom. The molecule has 0 saturated heterocycles. The molecule has 0 bridgehead atoms. The Balaban J connectivity index is 2.39. The van der Waals surface area contributed by atoms with Gasteiger partial charge in [-0.05, 0) is 57.8 Å². The number of carbonyl (C=O) groups excluding carboxylic acids is 1. The average Bonchev–Trinajstić information content (AvgIpc) is 2.54. The number of aryl methyl sites for hydroxylation is 1. The number of hydrogen-bond donors (Lipinski definition) is 1. The maximum Gasteiger partial charge on any atom is 0.419 e. The summed E-state index contributed by atoms with van der Waals surface area (Å²) < 4.78 is 53.4. The number of halogens is 4. The first-order valence-corrected chi connectivity index (χ1v) is 8.46. The number of nitrogens with one attached hydrogen (secondary N) is 1. The van der Waals surface area contributed by atoms with Crippen molar-refractivity contribution in [3.63, 3.8) is 0 Å². The Morgan fingerprint density at radius 2 is 1.89 bits per heavy atom. The fraction of sp³-hybridized carbons (Fsp3) is 0.368. The molecule has 1 N–H and O–H groups in total. The smallest absolute Gasteiger partial charge is 0.322 e. The summed E-state index contributed by atoms with van der Waals surface area (Å²) in [6, 6.07) is 3.49. The number of amides is 1. The van der Waals surface area contributed by atoms with E-state index in [9.17, 15) is 27.2 Å². The molecule has 0 fully saturated rings. The van der Waals surface area contributed by atoms with E-state index in [0.717, 1.165) is 6.07 Å². The minimum absolute atomic E-state index is 0.175. The molecule has 0 aliphatic carbocycles. The molecule has 0 aliphatic rings. The van der Waals surface area contributed by atoms with Gasteiger partial charge >= 0.3 is 6.18 Å². The van der Waals surface area contributed by atoms with Crippen molar-refractivity contribution in [3.8, 4) is 0 Å². The van der Waals surface area contributed by atoms with Gasteiger partial charge in [0.15, 0.2) is 0 Å². The highest BCUT2D eigenvalue weighted by molar-refractivity contribution is 6.05. The molecule has 1 atom stereocenters. The average molecular weight is 399 g/mol. The predicted octanol–water partition coefficient (Wildman–Crippen LogP) is 3.69. The predicted molar refractivity (Wildman–Crippen MR) is 98.1 cm³/mol. The van der Waals surface area contributed by atoms with Gasteiger partial charge in [0.1, 0.15) is 11.4 Å². The van der Waals surface area contributed by atoms with E-state index in [2.05, 4.69) is 5.32 Å². The second-order valence-corrected chi connectivity index (χ2v) is 6.84. The molecule has 1 aromatic carbocycles. The number of alkyl halides is 3. The van der Waals surface area contributed by atoms with Crippen molar-refractivity contribution >= 4 is 11.6 Å². The van der Waals surface area contributed by atoms with Gasteiger partial charge in [0, 0.05) is 24.5 Å². The number of hydrogen-bond acceptors (Lipinski definition) is 3. The lowest BCUT2D eigenvalue weighted by atomic mass is 10.1. The highest BCUT2D eigenvalue weighted by atomic mass is 19.4. The van der Waals surface area contributed by atoms with E-state index >= 15 is 0 Å². The topological polar surface area (TPSA) is 54.3 Å². The summed E-state index contributed by atoms with van der Waals surface area (Å²) in [5, 5.41) is 2.26. The van der Waals surface area contributed by atoms with Gasteiger partial charge in [0.25, 0.3) is 11.5 Å². The second kappa shape index (κ2) is 8.14. The lowest BCUT2D eigenvalue weighted by molar-refractivity contribution is -0.139. The minimum atomic E-state index is -4.90. The van der Waals surface area contributed by atoms with Crippen LogP contribution in [-0.4, -0.2) is 36.0 Å². The van der Waals surface area contributed by atoms with Crippen LogP contribution in [0.5, 0.6) is 0 Å². The zero-order valence-corrected chi connectivity index (χ0v) is 15.9. The monoisotopic (exact) mass is 399 g/mol. The molecule has 0 aliphatic heterocycles. The summed E-state index contributed by atoms with van der Waals surface area (Å²) in [7, 11) is 3.69. The number of aromatic nitrogens is 1. The SMILES string of the molecule is Cc1ccn(C(C)CN(C)C)c(=O)c1C(=O)Nc1ccc(F)c(C(F)(F)F)c1. The third-order valence-corrected chi connectivity index (χ3v) is 4.19. The molecule has 0 spiro atoms. The molecule has 1 amide bonds. The third-order valence-electron chi connectivity index (χ3n) is 4.19. The number of anilines is 1. The van der Waals surface area contributed by atoms with Crippen LogP contribution in [0.25, 0.3) is 0 Å². The van der Waals surface area contributed by atoms with Crippen molar-refractivity contribution in [2.75, 3.05) is 26.0 Å². The summed E-state index contributed by atoms with van der Waals surface area (Å²) in [5.74, 6) is -2.30. The number of pyridine rings is 1. The summed E-state index contributed by atoms with van der Waals surface area (Å²) in [6.45, 7) is 3.92. The van der Waals surface area contributed by atoms with Crippen molar-refractivity contribution in [1.29, 1.82) is 0 Å². The van der Waals surface area contributed by atoms with Gasteiger partial charge in [-0.15, -0.1) is 0 Å². The van der Waals surface area contributed by atoms with E-state index in [-0.39, 0.29) is 17.3 Å². The van der Waals surface area contributed by atoms with Gasteiger partial charge in [-0.3, -0.25) is 9.59 Å². The molecule has 9 heteroatoms. The number of benzene rings is 1. The Labute approximate surface area is 159 Å². The van der Waals surface area contributed by atoms with Crippen molar-refractivity contribution in [3.05, 3.63) is 63.3 Å². The van der Waals surface area contributed by atoms with Crippen LogP contribution in [0.4, 0.5) is 23.2 Å². The highest BCUT2D eigenvalue weighted by Crippen LogP contribution is 2.33. The Morgan fingerprint density at radius 1 is 1.25 bits per heavy atom. The molecule has 1 unspecified atom stereocenters. The molecule has 152 valence electrons. The van der Waals surface area contributed by atoms with Crippen LogP contribution in [0.2, 0.25) is 0 Å². The maximum atomic E-state index is 13.4. The van der Waals surface area contributed by atoms with E-state index < -0.39 is 29.0 Å². The Bertz CT molecular complexity index is 936. The molecular formula is C19H21F4N3O2. The van der Waals surface area contributed by atoms with Crippen LogP contribution in [0.15, 0.2) is 35.3 Å². The number of carbonyl (C=O) groups is 1. The van der Waals surface area contributed by atoms with Gasteiger partial charge in [-0.25, -0.2) is 4.39 Å². The number of rotatable bonds is 5. The number of likely N-dealkylation sites (N-methyl/N-ethyl adjacent to an activating group) is 1. The largest absolute Gasteiger partial charge is 0.419 e. The van der Waals surface area contributed by atoms with Crippen LogP contribution in [0.1, 0.15) is 34.5 Å². The van der Waals surface area contributed by atoms with Gasteiger partial charge in [-0.1, -0.05) is 0 Å². The molecule has 1 heterocycles. The number of nitrogens with zero attached hydrogens (tertiary/aromatic N) is 2. The molecule has 0 radical (unpaired) electrons. The van der Waals surface area contributed by atoms with Crippen LogP contribution >= 0.6 is 0 Å². The lowest BCUT2D eigenvalue weighted by Crippen LogP contribution is -2.34. The van der Waals surface area contributed by atoms with E-state index in [1.165, 1.54) is 4.57 Å². The van der Waals surface area contributed by atoms with E-state index in [0.29, 0.717) is 24.2 Å². The molecule has 2 aromatic rings. The van der Waals surface area contributed by atoms with Crippen molar-refractivity contribution < 1.29 is 22.4 Å². The third kappa shape index (κ3) is 4.78. The summed E-state index contributed by atoms with van der Waals surface area (Å²) in [5.41, 5.74) is -2.09. The van der Waals surface area contributed by atoms with E-state index in [1.807, 2.05) is 25.9 Å². The Kier molecular flexibility index (Phi) is 6.28. The molecule has 2 rings (SSSR count). The van der Waals surface area contributed by atoms with Gasteiger partial charge in [-0.2, -0.15) is 13.2 Å². The van der Waals surface area contributed by atoms with E-state index in [4.69, 9.17) is 0 Å². The normalized spacial score (nSPS) is 12.9. The second-order valence-electron chi connectivity index (χ2n) is 6.84. The lowest BCUT2D eigenvalue weighted by Gasteiger charge is -2.20. The molecule has 1 aromatic heterocycles. The zero-order chi connectivity index (χ0) is 21.2. The first-order valence-electron chi connectivity index (χ1n) is 8.46. The van der Waals surface area contributed by atoms with E-state index in [1.54, 1.807) is 19.2 Å². The van der Waals surface area contributed by atoms with Crippen molar-refractivity contribution in [2.45, 2.75) is 26.1 Å². The van der Waals surface area contributed by atoms with Crippen molar-refractivity contribution in [1.82, 2.24) is 9.47 Å². The first-order chi connectivity index (χ1) is 12.9. The maximum absolute atomic E-state index is 13.4. The Hall–Kier alpha value is -2.68. The van der Waals surface area contributed by atoms with Crippen LogP contribution in [0.3, 0.4) is 0 Å². The minimum Gasteiger partial charge on any atom is -0.322 e. The molecule has 0 saturated carbocycles. The summed E-state index contributed by atoms with van der Waals surface area (Å²) >= 11 is 0. The fourth-order valence-electron chi connectivity index (χ4n) is 2.89. The summed E-state index contributed by atoms with van der Waals surface area (Å²) in [6.07, 6.45) is -3.33. The fourth-order valence-corrected chi connectivity index (χ4v) is 2.89. The first kappa shape index (κ1) is 21.6. The van der Waals surface area contributed by atoms with Crippen LogP contribution < -0.4 is 10.9 Å². The standard InChI is InChI=1S/C19H21F4N3O2/c1-11-7-8-26(12(2)10-25(3)4)18(28)16(11)17(27)24-13-5-6-15(20)14(9-13)19(21,22)23/h5-9,12H,10H2,1-4H3,(H,24,27). The molecule has 28 heavy (non-hydrogen) atoms. The van der Waals surface area contributed by atoms with Gasteiger partial charge < -0.3 is 14.8 Å².